The third-order valence-corrected chi connectivity index (χ3v) is 5.79. The van der Waals surface area contributed by atoms with Gasteiger partial charge in [0.25, 0.3) is 5.91 Å². The highest BCUT2D eigenvalue weighted by atomic mass is 16.2. The van der Waals surface area contributed by atoms with Gasteiger partial charge in [-0.15, -0.1) is 0 Å². The van der Waals surface area contributed by atoms with E-state index in [-0.39, 0.29) is 5.91 Å². The molecule has 9 heteroatoms. The van der Waals surface area contributed by atoms with Crippen molar-refractivity contribution in [3.63, 3.8) is 0 Å². The Kier molecular flexibility index (Phi) is 5.37. The predicted molar refractivity (Wildman–Crippen MR) is 125 cm³/mol. The van der Waals surface area contributed by atoms with Crippen LogP contribution in [0.1, 0.15) is 27.6 Å². The minimum atomic E-state index is 0.0332. The molecule has 0 N–H and O–H groups in total. The van der Waals surface area contributed by atoms with Gasteiger partial charge in [-0.05, 0) is 51.1 Å². The summed E-state index contributed by atoms with van der Waals surface area (Å²) in [5.74, 6) is 2.35. The number of carbonyl (C=O) groups excluding carboxylic acids is 1. The van der Waals surface area contributed by atoms with Crippen molar-refractivity contribution in [1.29, 1.82) is 0 Å². The molecule has 0 bridgehead atoms. The van der Waals surface area contributed by atoms with E-state index in [1.807, 2.05) is 79.0 Å². The number of carbonyl (C=O) groups is 1. The lowest BCUT2D eigenvalue weighted by Crippen LogP contribution is -2.49. The van der Waals surface area contributed by atoms with Gasteiger partial charge in [-0.3, -0.25) is 4.79 Å². The summed E-state index contributed by atoms with van der Waals surface area (Å²) in [7, 11) is 0. The predicted octanol–water partition coefficient (Wildman–Crippen LogP) is 2.74. The minimum Gasteiger partial charge on any atom is -0.353 e. The number of hydrogen-bond donors (Lipinski definition) is 0. The molecule has 3 aromatic heterocycles. The Morgan fingerprint density at radius 1 is 0.909 bits per heavy atom. The molecule has 1 amide bonds. The van der Waals surface area contributed by atoms with E-state index in [1.165, 1.54) is 0 Å². The van der Waals surface area contributed by atoms with Crippen LogP contribution in [0.25, 0.3) is 11.5 Å². The second-order valence-electron chi connectivity index (χ2n) is 8.25. The van der Waals surface area contributed by atoms with E-state index in [9.17, 15) is 4.79 Å². The highest BCUT2D eigenvalue weighted by molar-refractivity contribution is 5.95. The van der Waals surface area contributed by atoms with Gasteiger partial charge in [0.1, 0.15) is 11.6 Å². The first-order chi connectivity index (χ1) is 16.0. The van der Waals surface area contributed by atoms with Gasteiger partial charge in [-0.1, -0.05) is 6.07 Å². The summed E-state index contributed by atoms with van der Waals surface area (Å²) in [6.07, 6.45) is 3.59. The van der Waals surface area contributed by atoms with Crippen LogP contribution in [0, 0.1) is 20.8 Å². The summed E-state index contributed by atoms with van der Waals surface area (Å²) in [5, 5.41) is 8.80. The lowest BCUT2D eigenvalue weighted by atomic mass is 10.1. The van der Waals surface area contributed by atoms with Crippen molar-refractivity contribution in [2.75, 3.05) is 31.1 Å². The standard InChI is InChI=1S/C24H26N8O/c1-17-14-18(2)32(28-17)23-16-22(26-19(3)27-23)29-10-12-30(13-11-29)24(33)20-6-4-7-21(15-20)31-9-5-8-25-31/h4-9,14-16H,10-13H2,1-3H3. The molecule has 4 aromatic rings. The van der Waals surface area contributed by atoms with Gasteiger partial charge in [0, 0.05) is 55.9 Å². The van der Waals surface area contributed by atoms with E-state index in [0.29, 0.717) is 37.6 Å². The first kappa shape index (κ1) is 20.9. The second-order valence-corrected chi connectivity index (χ2v) is 8.25. The number of piperazine rings is 1. The van der Waals surface area contributed by atoms with Gasteiger partial charge in [-0.2, -0.15) is 10.2 Å². The van der Waals surface area contributed by atoms with Crippen LogP contribution in [0.5, 0.6) is 0 Å². The van der Waals surface area contributed by atoms with E-state index in [0.717, 1.165) is 28.7 Å². The van der Waals surface area contributed by atoms with Crippen LogP contribution < -0.4 is 4.90 Å². The Morgan fingerprint density at radius 2 is 1.70 bits per heavy atom. The largest absolute Gasteiger partial charge is 0.353 e. The van der Waals surface area contributed by atoms with Crippen molar-refractivity contribution in [3.05, 3.63) is 77.6 Å². The van der Waals surface area contributed by atoms with Crippen LogP contribution >= 0.6 is 0 Å². The van der Waals surface area contributed by atoms with E-state index in [4.69, 9.17) is 0 Å². The zero-order valence-corrected chi connectivity index (χ0v) is 19.0. The van der Waals surface area contributed by atoms with Crippen LogP contribution in [-0.2, 0) is 0 Å². The van der Waals surface area contributed by atoms with Crippen LogP contribution in [0.2, 0.25) is 0 Å². The van der Waals surface area contributed by atoms with Crippen molar-refractivity contribution in [2.45, 2.75) is 20.8 Å². The Bertz CT molecular complexity index is 1290. The molecule has 1 aliphatic heterocycles. The molecule has 0 spiro atoms. The maximum atomic E-state index is 13.1. The van der Waals surface area contributed by atoms with Crippen molar-refractivity contribution in [3.8, 4) is 11.5 Å². The number of hydrogen-bond acceptors (Lipinski definition) is 6. The molecule has 0 aliphatic carbocycles. The molecule has 0 radical (unpaired) electrons. The first-order valence-corrected chi connectivity index (χ1v) is 11.0. The topological polar surface area (TPSA) is 85.0 Å². The van der Waals surface area contributed by atoms with Crippen LogP contribution in [0.4, 0.5) is 5.82 Å². The first-order valence-electron chi connectivity index (χ1n) is 11.0. The fraction of sp³-hybridized carbons (Fsp3) is 0.292. The zero-order chi connectivity index (χ0) is 22.9. The van der Waals surface area contributed by atoms with Crippen molar-refractivity contribution >= 4 is 11.7 Å². The Labute approximate surface area is 192 Å². The Hall–Kier alpha value is -4.01. The normalized spacial score (nSPS) is 14.0. The third kappa shape index (κ3) is 4.21. The summed E-state index contributed by atoms with van der Waals surface area (Å²) >= 11 is 0. The van der Waals surface area contributed by atoms with Gasteiger partial charge < -0.3 is 9.80 Å². The van der Waals surface area contributed by atoms with Gasteiger partial charge in [-0.25, -0.2) is 19.3 Å². The molecule has 1 saturated heterocycles. The van der Waals surface area contributed by atoms with Crippen LogP contribution in [-0.4, -0.2) is 66.5 Å². The summed E-state index contributed by atoms with van der Waals surface area (Å²) in [6.45, 7) is 8.55. The number of benzene rings is 1. The summed E-state index contributed by atoms with van der Waals surface area (Å²) in [5.41, 5.74) is 3.53. The average Bonchev–Trinajstić information content (AvgIpc) is 3.48. The highest BCUT2D eigenvalue weighted by Crippen LogP contribution is 2.20. The number of anilines is 1. The van der Waals surface area contributed by atoms with Crippen molar-refractivity contribution in [2.24, 2.45) is 0 Å². The summed E-state index contributed by atoms with van der Waals surface area (Å²) in [4.78, 5) is 26.5. The number of nitrogens with zero attached hydrogens (tertiary/aromatic N) is 8. The maximum Gasteiger partial charge on any atom is 0.254 e. The van der Waals surface area contributed by atoms with E-state index >= 15 is 0 Å². The highest BCUT2D eigenvalue weighted by Gasteiger charge is 2.24. The van der Waals surface area contributed by atoms with Crippen molar-refractivity contribution < 1.29 is 4.79 Å². The number of amides is 1. The van der Waals surface area contributed by atoms with Crippen LogP contribution in [0.3, 0.4) is 0 Å². The lowest BCUT2D eigenvalue weighted by Gasteiger charge is -2.35. The van der Waals surface area contributed by atoms with E-state index in [2.05, 4.69) is 25.1 Å². The molecule has 33 heavy (non-hydrogen) atoms. The fourth-order valence-corrected chi connectivity index (χ4v) is 4.19. The van der Waals surface area contributed by atoms with E-state index in [1.54, 1.807) is 10.9 Å². The molecule has 9 nitrogen and oxygen atoms in total. The molecule has 0 saturated carbocycles. The molecule has 1 fully saturated rings. The number of rotatable bonds is 4. The molecule has 1 aromatic carbocycles. The minimum absolute atomic E-state index is 0.0332. The quantitative estimate of drug-likeness (QED) is 0.483. The van der Waals surface area contributed by atoms with Gasteiger partial charge in [0.05, 0.1) is 11.4 Å². The van der Waals surface area contributed by atoms with Gasteiger partial charge >= 0.3 is 0 Å². The Balaban J connectivity index is 1.30. The smallest absolute Gasteiger partial charge is 0.254 e. The maximum absolute atomic E-state index is 13.1. The SMILES string of the molecule is Cc1cc(C)n(-c2cc(N3CCN(C(=O)c4cccc(-n5cccn5)c4)CC3)nc(C)n2)n1. The molecular formula is C24H26N8O. The number of aryl methyl sites for hydroxylation is 3. The molecule has 0 atom stereocenters. The summed E-state index contributed by atoms with van der Waals surface area (Å²) < 4.78 is 3.60. The molecule has 168 valence electrons. The zero-order valence-electron chi connectivity index (χ0n) is 19.0. The van der Waals surface area contributed by atoms with E-state index < -0.39 is 0 Å². The van der Waals surface area contributed by atoms with Gasteiger partial charge in [0.2, 0.25) is 0 Å². The second kappa shape index (κ2) is 8.50. The molecule has 5 rings (SSSR count). The summed E-state index contributed by atoms with van der Waals surface area (Å²) in [6, 6.07) is 13.4. The molecular weight excluding hydrogens is 416 g/mol. The molecule has 1 aliphatic rings. The average molecular weight is 443 g/mol. The lowest BCUT2D eigenvalue weighted by molar-refractivity contribution is 0.0746. The Morgan fingerprint density at radius 3 is 2.39 bits per heavy atom. The van der Waals surface area contributed by atoms with Gasteiger partial charge in [0.15, 0.2) is 5.82 Å². The van der Waals surface area contributed by atoms with Crippen molar-refractivity contribution in [1.82, 2.24) is 34.4 Å². The molecule has 4 heterocycles. The monoisotopic (exact) mass is 442 g/mol. The fourth-order valence-electron chi connectivity index (χ4n) is 4.19. The third-order valence-electron chi connectivity index (χ3n) is 5.79. The van der Waals surface area contributed by atoms with Crippen LogP contribution in [0.15, 0.2) is 54.9 Å². The molecule has 0 unspecified atom stereocenters. The number of aromatic nitrogens is 6.